The predicted octanol–water partition coefficient (Wildman–Crippen LogP) is 3.48. The molecule has 126 valence electrons. The lowest BCUT2D eigenvalue weighted by Gasteiger charge is -2.25. The molecule has 0 spiro atoms. The van der Waals surface area contributed by atoms with Crippen molar-refractivity contribution in [2.75, 3.05) is 11.4 Å². The van der Waals surface area contributed by atoms with Crippen LogP contribution in [0.3, 0.4) is 0 Å². The van der Waals surface area contributed by atoms with E-state index in [1.807, 2.05) is 54.6 Å². The van der Waals surface area contributed by atoms with Gasteiger partial charge >= 0.3 is 0 Å². The van der Waals surface area contributed by atoms with Crippen LogP contribution in [0.1, 0.15) is 37.8 Å². The van der Waals surface area contributed by atoms with E-state index in [0.29, 0.717) is 6.54 Å². The molecule has 0 unspecified atom stereocenters. The van der Waals surface area contributed by atoms with Crippen molar-refractivity contribution in [2.45, 2.75) is 33.2 Å². The van der Waals surface area contributed by atoms with Crippen molar-refractivity contribution in [1.29, 1.82) is 0 Å². The Bertz CT molecular complexity index is 696. The molecule has 0 aromatic heterocycles. The first kappa shape index (κ1) is 17.7. The normalized spacial score (nSPS) is 10.5. The molecule has 0 saturated heterocycles. The standard InChI is InChI=1S/C20H24N2O2/c1-15(2)18-11-7-8-12-19(18)22(16(3)23)14-20(24)21-13-17-9-5-4-6-10-17/h4-12,15H,13-14H2,1-3H3,(H,21,24). The van der Waals surface area contributed by atoms with Crippen LogP contribution in [0.4, 0.5) is 5.69 Å². The van der Waals surface area contributed by atoms with Gasteiger partial charge in [-0.1, -0.05) is 62.4 Å². The molecule has 0 aliphatic heterocycles. The Kier molecular flexibility index (Phi) is 6.13. The first-order valence-corrected chi connectivity index (χ1v) is 8.16. The molecule has 0 heterocycles. The minimum atomic E-state index is -0.174. The van der Waals surface area contributed by atoms with Crippen LogP contribution < -0.4 is 10.2 Å². The SMILES string of the molecule is CC(=O)N(CC(=O)NCc1ccccc1)c1ccccc1C(C)C. The van der Waals surface area contributed by atoms with Crippen molar-refractivity contribution in [2.24, 2.45) is 0 Å². The van der Waals surface area contributed by atoms with E-state index in [0.717, 1.165) is 16.8 Å². The summed E-state index contributed by atoms with van der Waals surface area (Å²) in [6.45, 7) is 6.12. The first-order valence-electron chi connectivity index (χ1n) is 8.16. The Morgan fingerprint density at radius 3 is 2.25 bits per heavy atom. The van der Waals surface area contributed by atoms with Gasteiger partial charge in [-0.25, -0.2) is 0 Å². The van der Waals surface area contributed by atoms with E-state index >= 15 is 0 Å². The molecular formula is C20H24N2O2. The van der Waals surface area contributed by atoms with Crippen LogP contribution in [0.25, 0.3) is 0 Å². The summed E-state index contributed by atoms with van der Waals surface area (Å²) in [5.41, 5.74) is 2.89. The van der Waals surface area contributed by atoms with Crippen LogP contribution in [-0.4, -0.2) is 18.4 Å². The monoisotopic (exact) mass is 324 g/mol. The molecule has 2 aromatic carbocycles. The van der Waals surface area contributed by atoms with Gasteiger partial charge in [0.15, 0.2) is 0 Å². The molecule has 4 heteroatoms. The zero-order valence-corrected chi connectivity index (χ0v) is 14.5. The van der Waals surface area contributed by atoms with Crippen LogP contribution in [0.2, 0.25) is 0 Å². The Morgan fingerprint density at radius 2 is 1.62 bits per heavy atom. The van der Waals surface area contributed by atoms with Gasteiger partial charge in [0, 0.05) is 19.2 Å². The highest BCUT2D eigenvalue weighted by molar-refractivity contribution is 5.98. The second-order valence-corrected chi connectivity index (χ2v) is 6.08. The van der Waals surface area contributed by atoms with Gasteiger partial charge < -0.3 is 10.2 Å². The molecule has 2 aromatic rings. The molecule has 2 rings (SSSR count). The van der Waals surface area contributed by atoms with Crippen LogP contribution >= 0.6 is 0 Å². The summed E-state index contributed by atoms with van der Waals surface area (Å²) < 4.78 is 0. The van der Waals surface area contributed by atoms with Crippen molar-refractivity contribution < 1.29 is 9.59 Å². The molecule has 24 heavy (non-hydrogen) atoms. The van der Waals surface area contributed by atoms with Crippen molar-refractivity contribution in [3.05, 3.63) is 65.7 Å². The number of hydrogen-bond acceptors (Lipinski definition) is 2. The number of rotatable bonds is 6. The summed E-state index contributed by atoms with van der Waals surface area (Å²) in [5.74, 6) is -0.0407. The summed E-state index contributed by atoms with van der Waals surface area (Å²) in [6, 6.07) is 17.4. The van der Waals surface area contributed by atoms with E-state index < -0.39 is 0 Å². The van der Waals surface area contributed by atoms with Gasteiger partial charge in [-0.15, -0.1) is 0 Å². The average Bonchev–Trinajstić information content (AvgIpc) is 2.58. The number of nitrogens with zero attached hydrogens (tertiary/aromatic N) is 1. The Morgan fingerprint density at radius 1 is 1.00 bits per heavy atom. The minimum Gasteiger partial charge on any atom is -0.350 e. The third kappa shape index (κ3) is 4.69. The Balaban J connectivity index is 2.09. The summed E-state index contributed by atoms with van der Waals surface area (Å²) in [5, 5.41) is 2.87. The predicted molar refractivity (Wildman–Crippen MR) is 96.8 cm³/mol. The van der Waals surface area contributed by atoms with E-state index in [2.05, 4.69) is 19.2 Å². The van der Waals surface area contributed by atoms with Gasteiger partial charge in [-0.3, -0.25) is 9.59 Å². The van der Waals surface area contributed by atoms with Crippen molar-refractivity contribution >= 4 is 17.5 Å². The number of nitrogens with one attached hydrogen (secondary N) is 1. The highest BCUT2D eigenvalue weighted by Crippen LogP contribution is 2.27. The molecule has 2 amide bonds. The number of amides is 2. The number of carbonyl (C=O) groups is 2. The smallest absolute Gasteiger partial charge is 0.240 e. The average molecular weight is 324 g/mol. The fraction of sp³-hybridized carbons (Fsp3) is 0.300. The fourth-order valence-corrected chi connectivity index (χ4v) is 2.58. The van der Waals surface area contributed by atoms with Gasteiger partial charge in [-0.05, 0) is 23.1 Å². The molecular weight excluding hydrogens is 300 g/mol. The lowest BCUT2D eigenvalue weighted by molar-refractivity contribution is -0.123. The summed E-state index contributed by atoms with van der Waals surface area (Å²) >= 11 is 0. The van der Waals surface area contributed by atoms with Crippen LogP contribution in [-0.2, 0) is 16.1 Å². The van der Waals surface area contributed by atoms with E-state index in [9.17, 15) is 9.59 Å². The van der Waals surface area contributed by atoms with E-state index in [1.54, 1.807) is 0 Å². The second-order valence-electron chi connectivity index (χ2n) is 6.08. The quantitative estimate of drug-likeness (QED) is 0.884. The third-order valence-corrected chi connectivity index (χ3v) is 3.86. The molecule has 0 radical (unpaired) electrons. The summed E-state index contributed by atoms with van der Waals surface area (Å²) in [7, 11) is 0. The maximum absolute atomic E-state index is 12.3. The molecule has 0 fully saturated rings. The molecule has 0 bridgehead atoms. The molecule has 0 aliphatic carbocycles. The third-order valence-electron chi connectivity index (χ3n) is 3.86. The number of para-hydroxylation sites is 1. The van der Waals surface area contributed by atoms with Crippen LogP contribution in [0.15, 0.2) is 54.6 Å². The van der Waals surface area contributed by atoms with Crippen molar-refractivity contribution in [3.8, 4) is 0 Å². The van der Waals surface area contributed by atoms with E-state index in [4.69, 9.17) is 0 Å². The molecule has 0 aliphatic rings. The number of hydrogen-bond donors (Lipinski definition) is 1. The van der Waals surface area contributed by atoms with Gasteiger partial charge in [-0.2, -0.15) is 0 Å². The summed E-state index contributed by atoms with van der Waals surface area (Å²) in [6.07, 6.45) is 0. The van der Waals surface area contributed by atoms with Gasteiger partial charge in [0.1, 0.15) is 6.54 Å². The largest absolute Gasteiger partial charge is 0.350 e. The zero-order valence-electron chi connectivity index (χ0n) is 14.5. The highest BCUT2D eigenvalue weighted by Gasteiger charge is 2.19. The Hall–Kier alpha value is -2.62. The Labute approximate surface area is 143 Å². The van der Waals surface area contributed by atoms with Crippen LogP contribution in [0.5, 0.6) is 0 Å². The van der Waals surface area contributed by atoms with E-state index in [-0.39, 0.29) is 24.3 Å². The van der Waals surface area contributed by atoms with E-state index in [1.165, 1.54) is 11.8 Å². The lowest BCUT2D eigenvalue weighted by Crippen LogP contribution is -2.40. The van der Waals surface area contributed by atoms with Crippen molar-refractivity contribution in [3.63, 3.8) is 0 Å². The molecule has 1 N–H and O–H groups in total. The van der Waals surface area contributed by atoms with Gasteiger partial charge in [0.25, 0.3) is 0 Å². The second kappa shape index (κ2) is 8.29. The van der Waals surface area contributed by atoms with Gasteiger partial charge in [0.05, 0.1) is 0 Å². The first-order chi connectivity index (χ1) is 11.5. The maximum atomic E-state index is 12.3. The molecule has 0 saturated carbocycles. The topological polar surface area (TPSA) is 49.4 Å². The highest BCUT2D eigenvalue weighted by atomic mass is 16.2. The van der Waals surface area contributed by atoms with Crippen molar-refractivity contribution in [1.82, 2.24) is 5.32 Å². The van der Waals surface area contributed by atoms with Gasteiger partial charge in [0.2, 0.25) is 11.8 Å². The van der Waals surface area contributed by atoms with Crippen LogP contribution in [0, 0.1) is 0 Å². The molecule has 0 atom stereocenters. The number of carbonyl (C=O) groups excluding carboxylic acids is 2. The number of anilines is 1. The zero-order chi connectivity index (χ0) is 17.5. The summed E-state index contributed by atoms with van der Waals surface area (Å²) in [4.78, 5) is 25.9. The maximum Gasteiger partial charge on any atom is 0.240 e. The number of benzene rings is 2. The lowest BCUT2D eigenvalue weighted by atomic mass is 10.0. The fourth-order valence-electron chi connectivity index (χ4n) is 2.58. The minimum absolute atomic E-state index is 0.0197. The molecule has 4 nitrogen and oxygen atoms in total.